The van der Waals surface area contributed by atoms with Crippen LogP contribution in [0.2, 0.25) is 0 Å². The molecule has 3 rings (SSSR count). The monoisotopic (exact) mass is 615 g/mol. The van der Waals surface area contributed by atoms with Crippen molar-refractivity contribution in [1.82, 2.24) is 14.5 Å². The summed E-state index contributed by atoms with van der Waals surface area (Å²) in [4.78, 5) is 13.1. The minimum absolute atomic E-state index is 0.0595. The summed E-state index contributed by atoms with van der Waals surface area (Å²) >= 11 is 6.78. The van der Waals surface area contributed by atoms with Gasteiger partial charge in [0.2, 0.25) is 10.0 Å². The average molecular weight is 617 g/mol. The number of hydrogen-bond acceptors (Lipinski definition) is 5. The molecule has 7 nitrogen and oxygen atoms in total. The molecule has 34 heavy (non-hydrogen) atoms. The van der Waals surface area contributed by atoms with Gasteiger partial charge in [-0.05, 0) is 76.1 Å². The number of carbonyl (C=O) groups excluding carboxylic acids is 1. The molecular formula is C23H24Br2FN3O4S. The molecule has 0 spiro atoms. The molecule has 1 atom stereocenters. The van der Waals surface area contributed by atoms with Crippen molar-refractivity contribution in [2.75, 3.05) is 6.61 Å². The standard InChI is InChI=1S/C23H24Br2FN3O4S/c1-6-33-23(30)21(28-34(31,32)22-12(2)18(24)11-19(25)13(22)3)20-14(4)27-29(15(20)5)17-9-7-16(26)8-10-17/h7-11,21,28H,6H2,1-5H3. The van der Waals surface area contributed by atoms with Crippen LogP contribution in [0, 0.1) is 33.5 Å². The van der Waals surface area contributed by atoms with Gasteiger partial charge in [0.05, 0.1) is 22.9 Å². The summed E-state index contributed by atoms with van der Waals surface area (Å²) in [6.45, 7) is 8.47. The van der Waals surface area contributed by atoms with Gasteiger partial charge in [0.15, 0.2) is 0 Å². The molecule has 1 N–H and O–H groups in total. The summed E-state index contributed by atoms with van der Waals surface area (Å²) in [6, 6.07) is 6.13. The molecule has 0 bridgehead atoms. The van der Waals surface area contributed by atoms with E-state index in [-0.39, 0.29) is 11.5 Å². The molecule has 0 saturated carbocycles. The molecule has 0 aliphatic carbocycles. The van der Waals surface area contributed by atoms with Crippen molar-refractivity contribution in [3.63, 3.8) is 0 Å². The van der Waals surface area contributed by atoms with Gasteiger partial charge < -0.3 is 4.74 Å². The van der Waals surface area contributed by atoms with Gasteiger partial charge in [0, 0.05) is 20.2 Å². The van der Waals surface area contributed by atoms with Crippen LogP contribution < -0.4 is 4.72 Å². The summed E-state index contributed by atoms with van der Waals surface area (Å²) in [5, 5.41) is 4.48. The largest absolute Gasteiger partial charge is 0.465 e. The minimum Gasteiger partial charge on any atom is -0.465 e. The Balaban J connectivity index is 2.15. The molecule has 3 aromatic rings. The number of esters is 1. The van der Waals surface area contributed by atoms with Crippen molar-refractivity contribution in [2.45, 2.75) is 45.6 Å². The van der Waals surface area contributed by atoms with Crippen LogP contribution in [0.3, 0.4) is 0 Å². The molecule has 0 fully saturated rings. The molecule has 1 aromatic heterocycles. The lowest BCUT2D eigenvalue weighted by atomic mass is 10.1. The van der Waals surface area contributed by atoms with Gasteiger partial charge in [0.25, 0.3) is 0 Å². The lowest BCUT2D eigenvalue weighted by molar-refractivity contribution is -0.145. The zero-order valence-electron chi connectivity index (χ0n) is 19.2. The summed E-state index contributed by atoms with van der Waals surface area (Å²) in [5.74, 6) is -1.14. The Kier molecular flexibility index (Phi) is 8.01. The number of carbonyl (C=O) groups is 1. The Labute approximate surface area is 215 Å². The highest BCUT2D eigenvalue weighted by molar-refractivity contribution is 9.11. The van der Waals surface area contributed by atoms with Gasteiger partial charge in [-0.25, -0.2) is 22.3 Å². The van der Waals surface area contributed by atoms with Crippen molar-refractivity contribution < 1.29 is 22.3 Å². The number of aromatic nitrogens is 2. The maximum atomic E-state index is 13.6. The Morgan fingerprint density at radius 2 is 1.68 bits per heavy atom. The topological polar surface area (TPSA) is 90.3 Å². The fourth-order valence-corrected chi connectivity index (χ4v) is 6.89. The van der Waals surface area contributed by atoms with Gasteiger partial charge in [-0.3, -0.25) is 0 Å². The molecule has 2 aromatic carbocycles. The first-order valence-electron chi connectivity index (χ1n) is 10.3. The smallest absolute Gasteiger partial charge is 0.328 e. The molecule has 0 radical (unpaired) electrons. The highest BCUT2D eigenvalue weighted by atomic mass is 79.9. The number of hydrogen-bond donors (Lipinski definition) is 1. The van der Waals surface area contributed by atoms with Gasteiger partial charge in [-0.1, -0.05) is 31.9 Å². The van der Waals surface area contributed by atoms with E-state index in [0.717, 1.165) is 0 Å². The zero-order chi connectivity index (χ0) is 25.4. The third-order valence-electron chi connectivity index (χ3n) is 5.42. The van der Waals surface area contributed by atoms with Crippen molar-refractivity contribution in [2.24, 2.45) is 0 Å². The lowest BCUT2D eigenvalue weighted by Gasteiger charge is -2.21. The number of aryl methyl sites for hydroxylation is 1. The Morgan fingerprint density at radius 1 is 1.12 bits per heavy atom. The fourth-order valence-electron chi connectivity index (χ4n) is 3.80. The highest BCUT2D eigenvalue weighted by Crippen LogP contribution is 2.34. The number of nitrogens with zero attached hydrogens (tertiary/aromatic N) is 2. The Morgan fingerprint density at radius 3 is 2.21 bits per heavy atom. The van der Waals surface area contributed by atoms with Crippen LogP contribution in [0.1, 0.15) is 41.0 Å². The molecule has 0 aliphatic rings. The third kappa shape index (κ3) is 5.12. The van der Waals surface area contributed by atoms with Crippen molar-refractivity contribution in [1.29, 1.82) is 0 Å². The van der Waals surface area contributed by atoms with E-state index < -0.39 is 27.9 Å². The van der Waals surface area contributed by atoms with Crippen LogP contribution in [0.25, 0.3) is 5.69 Å². The quantitative estimate of drug-likeness (QED) is 0.361. The Bertz CT molecular complexity index is 1330. The first-order valence-corrected chi connectivity index (χ1v) is 13.4. The SMILES string of the molecule is CCOC(=O)C(NS(=O)(=O)c1c(C)c(Br)cc(Br)c1C)c1c(C)nn(-c2ccc(F)cc2)c1C. The molecule has 1 heterocycles. The van der Waals surface area contributed by atoms with E-state index in [1.807, 2.05) is 0 Å². The van der Waals surface area contributed by atoms with Crippen LogP contribution in [-0.4, -0.2) is 30.8 Å². The van der Waals surface area contributed by atoms with E-state index in [9.17, 15) is 17.6 Å². The first kappa shape index (κ1) is 26.5. The zero-order valence-corrected chi connectivity index (χ0v) is 23.2. The predicted octanol–water partition coefficient (Wildman–Crippen LogP) is 5.35. The molecule has 1 unspecified atom stereocenters. The number of halogens is 3. The van der Waals surface area contributed by atoms with Crippen LogP contribution >= 0.6 is 31.9 Å². The van der Waals surface area contributed by atoms with Crippen molar-refractivity contribution in [3.05, 3.63) is 73.2 Å². The second-order valence-electron chi connectivity index (χ2n) is 7.70. The molecule has 0 aliphatic heterocycles. The second-order valence-corrected chi connectivity index (χ2v) is 11.1. The van der Waals surface area contributed by atoms with Gasteiger partial charge in [0.1, 0.15) is 11.9 Å². The molecule has 0 saturated heterocycles. The van der Waals surface area contributed by atoms with Gasteiger partial charge in [-0.2, -0.15) is 9.82 Å². The highest BCUT2D eigenvalue weighted by Gasteiger charge is 2.35. The van der Waals surface area contributed by atoms with Crippen LogP contribution in [-0.2, 0) is 19.6 Å². The van der Waals surface area contributed by atoms with Crippen LogP contribution in [0.4, 0.5) is 4.39 Å². The molecular weight excluding hydrogens is 593 g/mol. The van der Waals surface area contributed by atoms with E-state index in [4.69, 9.17) is 4.74 Å². The van der Waals surface area contributed by atoms with E-state index in [1.165, 1.54) is 16.8 Å². The van der Waals surface area contributed by atoms with E-state index >= 15 is 0 Å². The van der Waals surface area contributed by atoms with Gasteiger partial charge >= 0.3 is 5.97 Å². The maximum Gasteiger partial charge on any atom is 0.328 e. The number of rotatable bonds is 7. The third-order valence-corrected chi connectivity index (χ3v) is 8.77. The normalized spacial score (nSPS) is 12.6. The number of nitrogens with one attached hydrogen (secondary N) is 1. The van der Waals surface area contributed by atoms with Crippen LogP contribution in [0.15, 0.2) is 44.2 Å². The first-order chi connectivity index (χ1) is 15.9. The number of ether oxygens (including phenoxy) is 1. The maximum absolute atomic E-state index is 13.6. The van der Waals surface area contributed by atoms with Crippen molar-refractivity contribution >= 4 is 47.9 Å². The number of benzene rings is 2. The predicted molar refractivity (Wildman–Crippen MR) is 134 cm³/mol. The summed E-state index contributed by atoms with van der Waals surface area (Å²) in [5.41, 5.74) is 2.91. The summed E-state index contributed by atoms with van der Waals surface area (Å²) < 4.78 is 51.1. The van der Waals surface area contributed by atoms with Crippen LogP contribution in [0.5, 0.6) is 0 Å². The minimum atomic E-state index is -4.17. The summed E-state index contributed by atoms with van der Waals surface area (Å²) in [7, 11) is -4.17. The fraction of sp³-hybridized carbons (Fsp3) is 0.304. The average Bonchev–Trinajstić information content (AvgIpc) is 3.05. The number of sulfonamides is 1. The summed E-state index contributed by atoms with van der Waals surface area (Å²) in [6.07, 6.45) is 0. The lowest BCUT2D eigenvalue weighted by Crippen LogP contribution is -2.36. The Hall–Kier alpha value is -2.08. The van der Waals surface area contributed by atoms with E-state index in [0.29, 0.717) is 42.7 Å². The van der Waals surface area contributed by atoms with E-state index in [2.05, 4.69) is 41.7 Å². The van der Waals surface area contributed by atoms with E-state index in [1.54, 1.807) is 52.8 Å². The van der Waals surface area contributed by atoms with Gasteiger partial charge in [-0.15, -0.1) is 0 Å². The second kappa shape index (κ2) is 10.3. The molecule has 0 amide bonds. The van der Waals surface area contributed by atoms with Crippen molar-refractivity contribution in [3.8, 4) is 5.69 Å². The molecule has 182 valence electrons. The molecule has 11 heteroatoms.